The van der Waals surface area contributed by atoms with Crippen molar-refractivity contribution in [3.63, 3.8) is 0 Å². The fourth-order valence-corrected chi connectivity index (χ4v) is 1.54. The standard InChI is InChI=1S/C12H14N4O/c1-3-16-8-11(9(2)15-16)12(17)14-10-4-6-13-7-5-10/h4-8H,3H2,1-2H3,(H,13,14,17). The van der Waals surface area contributed by atoms with Crippen LogP contribution in [0.4, 0.5) is 5.69 Å². The zero-order valence-corrected chi connectivity index (χ0v) is 9.84. The van der Waals surface area contributed by atoms with Crippen LogP contribution in [-0.4, -0.2) is 20.7 Å². The molecule has 2 heterocycles. The van der Waals surface area contributed by atoms with Gasteiger partial charge >= 0.3 is 0 Å². The number of carbonyl (C=O) groups is 1. The largest absolute Gasteiger partial charge is 0.322 e. The summed E-state index contributed by atoms with van der Waals surface area (Å²) in [5.74, 6) is -0.145. The van der Waals surface area contributed by atoms with E-state index in [1.54, 1.807) is 35.4 Å². The maximum absolute atomic E-state index is 12.0. The Labute approximate surface area is 99.5 Å². The Kier molecular flexibility index (Phi) is 3.18. The summed E-state index contributed by atoms with van der Waals surface area (Å²) in [5, 5.41) is 7.04. The molecule has 88 valence electrons. The number of carbonyl (C=O) groups excluding carboxylic acids is 1. The van der Waals surface area contributed by atoms with Crippen LogP contribution in [0.5, 0.6) is 0 Å². The fraction of sp³-hybridized carbons (Fsp3) is 0.250. The summed E-state index contributed by atoms with van der Waals surface area (Å²) in [6.07, 6.45) is 5.03. The first-order chi connectivity index (χ1) is 8.20. The predicted molar refractivity (Wildman–Crippen MR) is 64.8 cm³/mol. The Hall–Kier alpha value is -2.17. The topological polar surface area (TPSA) is 59.8 Å². The lowest BCUT2D eigenvalue weighted by atomic mass is 10.2. The van der Waals surface area contributed by atoms with Gasteiger partial charge in [-0.3, -0.25) is 14.5 Å². The minimum atomic E-state index is -0.145. The molecule has 0 atom stereocenters. The van der Waals surface area contributed by atoms with Crippen molar-refractivity contribution in [1.82, 2.24) is 14.8 Å². The molecular formula is C12H14N4O. The maximum Gasteiger partial charge on any atom is 0.259 e. The van der Waals surface area contributed by atoms with Gasteiger partial charge in [0.15, 0.2) is 0 Å². The van der Waals surface area contributed by atoms with Crippen molar-refractivity contribution < 1.29 is 4.79 Å². The van der Waals surface area contributed by atoms with Crippen LogP contribution in [0.2, 0.25) is 0 Å². The van der Waals surface area contributed by atoms with E-state index in [1.165, 1.54) is 0 Å². The van der Waals surface area contributed by atoms with E-state index in [-0.39, 0.29) is 5.91 Å². The van der Waals surface area contributed by atoms with Crippen LogP contribution in [-0.2, 0) is 6.54 Å². The fourth-order valence-electron chi connectivity index (χ4n) is 1.54. The van der Waals surface area contributed by atoms with Crippen molar-refractivity contribution in [3.8, 4) is 0 Å². The third-order valence-corrected chi connectivity index (χ3v) is 2.45. The van der Waals surface area contributed by atoms with Gasteiger partial charge in [0.2, 0.25) is 0 Å². The van der Waals surface area contributed by atoms with Crippen molar-refractivity contribution in [2.45, 2.75) is 20.4 Å². The summed E-state index contributed by atoms with van der Waals surface area (Å²) in [6.45, 7) is 4.56. The number of pyridine rings is 1. The van der Waals surface area contributed by atoms with Crippen LogP contribution in [0.25, 0.3) is 0 Å². The van der Waals surface area contributed by atoms with Crippen LogP contribution < -0.4 is 5.32 Å². The van der Waals surface area contributed by atoms with Crippen LogP contribution in [0.3, 0.4) is 0 Å². The number of nitrogens with zero attached hydrogens (tertiary/aromatic N) is 3. The van der Waals surface area contributed by atoms with E-state index in [1.807, 2.05) is 13.8 Å². The monoisotopic (exact) mass is 230 g/mol. The summed E-state index contributed by atoms with van der Waals surface area (Å²) in [5.41, 5.74) is 2.07. The van der Waals surface area contributed by atoms with E-state index in [4.69, 9.17) is 0 Å². The number of amides is 1. The highest BCUT2D eigenvalue weighted by Gasteiger charge is 2.12. The molecule has 2 aromatic heterocycles. The minimum absolute atomic E-state index is 0.145. The van der Waals surface area contributed by atoms with Gasteiger partial charge in [-0.25, -0.2) is 0 Å². The number of anilines is 1. The lowest BCUT2D eigenvalue weighted by Gasteiger charge is -2.02. The van der Waals surface area contributed by atoms with E-state index >= 15 is 0 Å². The van der Waals surface area contributed by atoms with E-state index in [0.29, 0.717) is 5.56 Å². The van der Waals surface area contributed by atoms with Gasteiger partial charge in [-0.2, -0.15) is 5.10 Å². The van der Waals surface area contributed by atoms with Crippen LogP contribution in [0.1, 0.15) is 23.0 Å². The van der Waals surface area contributed by atoms with E-state index in [9.17, 15) is 4.79 Å². The molecule has 0 unspecified atom stereocenters. The quantitative estimate of drug-likeness (QED) is 0.875. The molecule has 0 spiro atoms. The average molecular weight is 230 g/mol. The van der Waals surface area contributed by atoms with Gasteiger partial charge in [-0.1, -0.05) is 0 Å². The lowest BCUT2D eigenvalue weighted by Crippen LogP contribution is -2.12. The second kappa shape index (κ2) is 4.78. The maximum atomic E-state index is 12.0. The molecule has 0 aliphatic carbocycles. The lowest BCUT2D eigenvalue weighted by molar-refractivity contribution is 0.102. The van der Waals surface area contributed by atoms with Crippen molar-refractivity contribution >= 4 is 11.6 Å². The van der Waals surface area contributed by atoms with E-state index in [2.05, 4.69) is 15.4 Å². The van der Waals surface area contributed by atoms with Crippen molar-refractivity contribution in [2.24, 2.45) is 0 Å². The summed E-state index contributed by atoms with van der Waals surface area (Å²) in [6, 6.07) is 3.49. The molecule has 1 amide bonds. The van der Waals surface area contributed by atoms with Crippen LogP contribution in [0.15, 0.2) is 30.7 Å². The van der Waals surface area contributed by atoms with Gasteiger partial charge in [-0.15, -0.1) is 0 Å². The molecule has 0 radical (unpaired) electrons. The van der Waals surface area contributed by atoms with Crippen molar-refractivity contribution in [1.29, 1.82) is 0 Å². The Balaban J connectivity index is 2.17. The van der Waals surface area contributed by atoms with Crippen molar-refractivity contribution in [3.05, 3.63) is 42.0 Å². The molecule has 0 fully saturated rings. The number of aromatic nitrogens is 3. The summed E-state index contributed by atoms with van der Waals surface area (Å²) in [4.78, 5) is 15.9. The highest BCUT2D eigenvalue weighted by Crippen LogP contribution is 2.10. The Morgan fingerprint density at radius 3 is 2.71 bits per heavy atom. The second-order valence-corrected chi connectivity index (χ2v) is 3.67. The number of aryl methyl sites for hydroxylation is 2. The summed E-state index contributed by atoms with van der Waals surface area (Å²) >= 11 is 0. The van der Waals surface area contributed by atoms with Crippen LogP contribution >= 0.6 is 0 Å². The van der Waals surface area contributed by atoms with Gasteiger partial charge in [0.25, 0.3) is 5.91 Å². The third kappa shape index (κ3) is 2.50. The Morgan fingerprint density at radius 2 is 2.12 bits per heavy atom. The molecule has 2 rings (SSSR count). The van der Waals surface area contributed by atoms with E-state index in [0.717, 1.165) is 17.9 Å². The highest BCUT2D eigenvalue weighted by molar-refractivity contribution is 6.04. The zero-order valence-electron chi connectivity index (χ0n) is 9.84. The van der Waals surface area contributed by atoms with Crippen LogP contribution in [0, 0.1) is 6.92 Å². The smallest absolute Gasteiger partial charge is 0.259 e. The summed E-state index contributed by atoms with van der Waals surface area (Å²) < 4.78 is 1.75. The molecule has 0 aromatic carbocycles. The summed E-state index contributed by atoms with van der Waals surface area (Å²) in [7, 11) is 0. The Morgan fingerprint density at radius 1 is 1.41 bits per heavy atom. The highest BCUT2D eigenvalue weighted by atomic mass is 16.1. The zero-order chi connectivity index (χ0) is 12.3. The number of hydrogen-bond acceptors (Lipinski definition) is 3. The third-order valence-electron chi connectivity index (χ3n) is 2.45. The Bertz CT molecular complexity index is 519. The molecule has 0 aliphatic rings. The van der Waals surface area contributed by atoms with E-state index < -0.39 is 0 Å². The van der Waals surface area contributed by atoms with Crippen molar-refractivity contribution in [2.75, 3.05) is 5.32 Å². The molecule has 2 aromatic rings. The first kappa shape index (κ1) is 11.3. The predicted octanol–water partition coefficient (Wildman–Crippen LogP) is 1.86. The molecule has 5 nitrogen and oxygen atoms in total. The molecule has 0 saturated carbocycles. The molecule has 1 N–H and O–H groups in total. The molecule has 0 aliphatic heterocycles. The first-order valence-corrected chi connectivity index (χ1v) is 5.46. The molecular weight excluding hydrogens is 216 g/mol. The molecule has 5 heteroatoms. The second-order valence-electron chi connectivity index (χ2n) is 3.67. The number of nitrogens with one attached hydrogen (secondary N) is 1. The molecule has 0 bridgehead atoms. The van der Waals surface area contributed by atoms with Gasteiger partial charge in [0.1, 0.15) is 0 Å². The SMILES string of the molecule is CCn1cc(C(=O)Nc2ccncc2)c(C)n1. The number of rotatable bonds is 3. The first-order valence-electron chi connectivity index (χ1n) is 5.46. The minimum Gasteiger partial charge on any atom is -0.322 e. The average Bonchev–Trinajstić information content (AvgIpc) is 2.72. The van der Waals surface area contributed by atoms with Gasteiger partial charge in [-0.05, 0) is 26.0 Å². The van der Waals surface area contributed by atoms with Gasteiger partial charge in [0, 0.05) is 30.8 Å². The molecule has 0 saturated heterocycles. The normalized spacial score (nSPS) is 10.2. The van der Waals surface area contributed by atoms with Gasteiger partial charge < -0.3 is 5.32 Å². The number of hydrogen-bond donors (Lipinski definition) is 1. The van der Waals surface area contributed by atoms with Gasteiger partial charge in [0.05, 0.1) is 11.3 Å². The molecule has 17 heavy (non-hydrogen) atoms.